The van der Waals surface area contributed by atoms with Gasteiger partial charge in [-0.3, -0.25) is 0 Å². The van der Waals surface area contributed by atoms with E-state index in [2.05, 4.69) is 146 Å². The summed E-state index contributed by atoms with van der Waals surface area (Å²) < 4.78 is 4.93. The van der Waals surface area contributed by atoms with Gasteiger partial charge in [0.1, 0.15) is 0 Å². The van der Waals surface area contributed by atoms with Crippen molar-refractivity contribution in [3.8, 4) is 56.4 Å². The van der Waals surface area contributed by atoms with Crippen LogP contribution in [-0.4, -0.2) is 15.0 Å². The van der Waals surface area contributed by atoms with Crippen molar-refractivity contribution in [3.63, 3.8) is 0 Å². The van der Waals surface area contributed by atoms with Crippen molar-refractivity contribution in [1.82, 2.24) is 15.0 Å². The molecule has 50 heavy (non-hydrogen) atoms. The monoisotopic (exact) mass is 673 g/mol. The molecule has 5 heteroatoms. The van der Waals surface area contributed by atoms with Crippen molar-refractivity contribution in [2.45, 2.75) is 0 Å². The van der Waals surface area contributed by atoms with Crippen molar-refractivity contribution in [2.24, 2.45) is 0 Å². The predicted octanol–water partition coefficient (Wildman–Crippen LogP) is 12.9. The van der Waals surface area contributed by atoms with E-state index in [0.29, 0.717) is 17.5 Å². The molecule has 0 aliphatic carbocycles. The lowest BCUT2D eigenvalue weighted by Crippen LogP contribution is -2.00. The molecule has 0 saturated heterocycles. The lowest BCUT2D eigenvalue weighted by atomic mass is 9.98. The number of thiophene rings is 2. The van der Waals surface area contributed by atoms with Crippen LogP contribution in [0.1, 0.15) is 0 Å². The molecule has 0 aliphatic heterocycles. The minimum absolute atomic E-state index is 0.661. The molecular formula is C45H27N3S2. The van der Waals surface area contributed by atoms with E-state index in [0.717, 1.165) is 16.7 Å². The fourth-order valence-electron chi connectivity index (χ4n) is 7.05. The van der Waals surface area contributed by atoms with Gasteiger partial charge in [-0.1, -0.05) is 127 Å². The molecule has 3 nitrogen and oxygen atoms in total. The number of hydrogen-bond acceptors (Lipinski definition) is 5. The smallest absolute Gasteiger partial charge is 0.165 e. The molecule has 0 fully saturated rings. The predicted molar refractivity (Wildman–Crippen MR) is 213 cm³/mol. The Labute approximate surface area is 296 Å². The molecule has 0 unspecified atom stereocenters. The first kappa shape index (κ1) is 29.0. The van der Waals surface area contributed by atoms with Crippen LogP contribution >= 0.6 is 22.7 Å². The SMILES string of the molecule is c1ccc(-c2nc(-c3ccc4sc5cccc(-c6ccccc6)c5c4c3)nc(-c3cccc4c3sc3cccc(-c5ccccc5)c34)n2)cc1. The average Bonchev–Trinajstić information content (AvgIpc) is 3.77. The van der Waals surface area contributed by atoms with Crippen molar-refractivity contribution >= 4 is 63.0 Å². The summed E-state index contributed by atoms with van der Waals surface area (Å²) in [6, 6.07) is 57.8. The Morgan fingerprint density at radius 2 is 0.840 bits per heavy atom. The number of benzene rings is 7. The molecule has 0 aliphatic rings. The van der Waals surface area contributed by atoms with Crippen LogP contribution < -0.4 is 0 Å². The van der Waals surface area contributed by atoms with Crippen LogP contribution in [0.25, 0.3) is 96.8 Å². The summed E-state index contributed by atoms with van der Waals surface area (Å²) in [6.07, 6.45) is 0. The van der Waals surface area contributed by atoms with Gasteiger partial charge in [0.25, 0.3) is 0 Å². The summed E-state index contributed by atoms with van der Waals surface area (Å²) >= 11 is 3.63. The van der Waals surface area contributed by atoms with Crippen LogP contribution in [-0.2, 0) is 0 Å². The second kappa shape index (κ2) is 11.8. The summed E-state index contributed by atoms with van der Waals surface area (Å²) in [7, 11) is 0. The highest BCUT2D eigenvalue weighted by Gasteiger charge is 2.19. The van der Waals surface area contributed by atoms with Crippen LogP contribution in [0.3, 0.4) is 0 Å². The van der Waals surface area contributed by atoms with E-state index < -0.39 is 0 Å². The van der Waals surface area contributed by atoms with Crippen LogP contribution in [0, 0.1) is 0 Å². The molecule has 3 heterocycles. The van der Waals surface area contributed by atoms with Crippen LogP contribution in [0.15, 0.2) is 164 Å². The van der Waals surface area contributed by atoms with Crippen LogP contribution in [0.2, 0.25) is 0 Å². The zero-order valence-electron chi connectivity index (χ0n) is 26.7. The third-order valence-corrected chi connectivity index (χ3v) is 11.7. The largest absolute Gasteiger partial charge is 0.208 e. The second-order valence-corrected chi connectivity index (χ2v) is 14.5. The third kappa shape index (κ3) is 4.82. The van der Waals surface area contributed by atoms with Gasteiger partial charge in [-0.25, -0.2) is 15.0 Å². The van der Waals surface area contributed by atoms with Gasteiger partial charge in [0.05, 0.1) is 0 Å². The maximum Gasteiger partial charge on any atom is 0.165 e. The Balaban J connectivity index is 1.20. The van der Waals surface area contributed by atoms with Gasteiger partial charge < -0.3 is 0 Å². The molecule has 10 aromatic rings. The highest BCUT2D eigenvalue weighted by atomic mass is 32.1. The van der Waals surface area contributed by atoms with E-state index in [-0.39, 0.29) is 0 Å². The Morgan fingerprint density at radius 1 is 0.320 bits per heavy atom. The fraction of sp³-hybridized carbons (Fsp3) is 0. The molecule has 0 N–H and O–H groups in total. The maximum atomic E-state index is 5.24. The zero-order chi connectivity index (χ0) is 33.0. The number of rotatable bonds is 5. The highest BCUT2D eigenvalue weighted by molar-refractivity contribution is 7.26. The molecule has 0 atom stereocenters. The fourth-order valence-corrected chi connectivity index (χ4v) is 9.40. The first-order valence-corrected chi connectivity index (χ1v) is 18.2. The van der Waals surface area contributed by atoms with E-state index in [4.69, 9.17) is 15.0 Å². The van der Waals surface area contributed by atoms with Crippen LogP contribution in [0.5, 0.6) is 0 Å². The summed E-state index contributed by atoms with van der Waals surface area (Å²) in [5, 5.41) is 4.96. The van der Waals surface area contributed by atoms with Crippen molar-refractivity contribution < 1.29 is 0 Å². The van der Waals surface area contributed by atoms with Crippen molar-refractivity contribution in [1.29, 1.82) is 0 Å². The minimum atomic E-state index is 0.661. The van der Waals surface area contributed by atoms with Gasteiger partial charge in [-0.2, -0.15) is 0 Å². The van der Waals surface area contributed by atoms with Crippen LogP contribution in [0.4, 0.5) is 0 Å². The first-order valence-electron chi connectivity index (χ1n) is 16.6. The lowest BCUT2D eigenvalue weighted by Gasteiger charge is -2.10. The van der Waals surface area contributed by atoms with E-state index in [1.54, 1.807) is 11.3 Å². The second-order valence-electron chi connectivity index (χ2n) is 12.4. The van der Waals surface area contributed by atoms with Crippen molar-refractivity contribution in [2.75, 3.05) is 0 Å². The number of aromatic nitrogens is 3. The minimum Gasteiger partial charge on any atom is -0.208 e. The Hall–Kier alpha value is -6.01. The Kier molecular flexibility index (Phi) is 6.86. The molecular weight excluding hydrogens is 647 g/mol. The lowest BCUT2D eigenvalue weighted by molar-refractivity contribution is 1.08. The maximum absolute atomic E-state index is 5.24. The zero-order valence-corrected chi connectivity index (χ0v) is 28.4. The first-order chi connectivity index (χ1) is 24.8. The van der Waals surface area contributed by atoms with Gasteiger partial charge >= 0.3 is 0 Å². The van der Waals surface area contributed by atoms with E-state index in [1.165, 1.54) is 62.6 Å². The van der Waals surface area contributed by atoms with Crippen molar-refractivity contribution in [3.05, 3.63) is 164 Å². The topological polar surface area (TPSA) is 38.7 Å². The molecule has 7 aromatic carbocycles. The third-order valence-electron chi connectivity index (χ3n) is 9.35. The number of fused-ring (bicyclic) bond motifs is 6. The molecule has 0 bridgehead atoms. The van der Waals surface area contributed by atoms with Gasteiger partial charge in [0.2, 0.25) is 0 Å². The van der Waals surface area contributed by atoms with E-state index in [9.17, 15) is 0 Å². The molecule has 3 aromatic heterocycles. The van der Waals surface area contributed by atoms with Gasteiger partial charge in [-0.15, -0.1) is 22.7 Å². The summed E-state index contributed by atoms with van der Waals surface area (Å²) in [4.78, 5) is 15.5. The number of nitrogens with zero attached hydrogens (tertiary/aromatic N) is 3. The standard InChI is InChI=1S/C45H27N3S2/c1-4-13-28(14-5-1)32-19-12-24-39-40(32)34-21-10-22-35(42(34)50-39)45-47-43(30-17-8-3-9-18-30)46-44(48-45)31-25-26-37-36(27-31)41-33(20-11-23-38(41)49-37)29-15-6-2-7-16-29/h1-27H. The average molecular weight is 674 g/mol. The molecule has 234 valence electrons. The van der Waals surface area contributed by atoms with Gasteiger partial charge in [0.15, 0.2) is 17.5 Å². The van der Waals surface area contributed by atoms with Gasteiger partial charge in [-0.05, 0) is 58.7 Å². The molecule has 0 amide bonds. The Morgan fingerprint density at radius 3 is 1.50 bits per heavy atom. The van der Waals surface area contributed by atoms with Gasteiger partial charge in [0, 0.05) is 57.0 Å². The van der Waals surface area contributed by atoms with E-state index in [1.807, 2.05) is 29.5 Å². The summed E-state index contributed by atoms with van der Waals surface area (Å²) in [5.41, 5.74) is 7.83. The number of hydrogen-bond donors (Lipinski definition) is 0. The quantitative estimate of drug-likeness (QED) is 0.182. The molecule has 10 rings (SSSR count). The molecule has 0 radical (unpaired) electrons. The summed E-state index contributed by atoms with van der Waals surface area (Å²) in [6.45, 7) is 0. The molecule has 0 spiro atoms. The summed E-state index contributed by atoms with van der Waals surface area (Å²) in [5.74, 6) is 2.00. The Bertz CT molecular complexity index is 2860. The molecule has 0 saturated carbocycles. The van der Waals surface area contributed by atoms with E-state index >= 15 is 0 Å². The normalized spacial score (nSPS) is 11.6. The highest BCUT2D eigenvalue weighted by Crippen LogP contribution is 2.44.